The van der Waals surface area contributed by atoms with Gasteiger partial charge in [-0.05, 0) is 6.07 Å². The van der Waals surface area contributed by atoms with Gasteiger partial charge in [0.25, 0.3) is 0 Å². The summed E-state index contributed by atoms with van der Waals surface area (Å²) in [4.78, 5) is 14.2. The van der Waals surface area contributed by atoms with E-state index in [1.807, 2.05) is 0 Å². The third-order valence-corrected chi connectivity index (χ3v) is 2.09. The minimum atomic E-state index is -1.25. The van der Waals surface area contributed by atoms with Gasteiger partial charge < -0.3 is 26.8 Å². The van der Waals surface area contributed by atoms with Crippen LogP contribution in [0.4, 0.5) is 5.69 Å². The first kappa shape index (κ1) is 12.4. The van der Waals surface area contributed by atoms with E-state index in [-0.39, 0.29) is 23.5 Å². The van der Waals surface area contributed by atoms with Gasteiger partial charge in [0.15, 0.2) is 5.69 Å². The molecule has 0 aliphatic carbocycles. The van der Waals surface area contributed by atoms with Crippen LogP contribution in [0, 0.1) is 0 Å². The smallest absolute Gasteiger partial charge is 0.356 e. The van der Waals surface area contributed by atoms with Gasteiger partial charge >= 0.3 is 5.97 Å². The van der Waals surface area contributed by atoms with E-state index in [1.54, 1.807) is 0 Å². The zero-order chi connectivity index (χ0) is 12.3. The van der Waals surface area contributed by atoms with Crippen molar-refractivity contribution in [2.75, 3.05) is 12.3 Å². The maximum absolute atomic E-state index is 10.6. The Balaban J connectivity index is 3.01. The molecule has 7 heteroatoms. The van der Waals surface area contributed by atoms with E-state index in [0.29, 0.717) is 0 Å². The number of anilines is 1. The predicted molar refractivity (Wildman–Crippen MR) is 55.6 cm³/mol. The summed E-state index contributed by atoms with van der Waals surface area (Å²) in [5, 5.41) is 27.5. The predicted octanol–water partition coefficient (Wildman–Crippen LogP) is -1.29. The molecule has 0 aliphatic rings. The molecule has 0 aromatic carbocycles. The molecule has 2 unspecified atom stereocenters. The van der Waals surface area contributed by atoms with Crippen molar-refractivity contribution >= 4 is 11.7 Å². The Kier molecular flexibility index (Phi) is 3.78. The van der Waals surface area contributed by atoms with E-state index in [1.165, 1.54) is 6.07 Å². The van der Waals surface area contributed by atoms with Crippen LogP contribution < -0.4 is 11.5 Å². The second-order valence-corrected chi connectivity index (χ2v) is 3.26. The molecule has 0 spiro atoms. The van der Waals surface area contributed by atoms with Gasteiger partial charge in [-0.1, -0.05) is 0 Å². The van der Waals surface area contributed by atoms with Crippen LogP contribution in [0.3, 0.4) is 0 Å². The summed E-state index contributed by atoms with van der Waals surface area (Å²) >= 11 is 0. The molecule has 16 heavy (non-hydrogen) atoms. The van der Waals surface area contributed by atoms with Crippen LogP contribution in [-0.2, 0) is 0 Å². The molecule has 1 heterocycles. The van der Waals surface area contributed by atoms with Crippen molar-refractivity contribution in [3.63, 3.8) is 0 Å². The Bertz CT molecular complexity index is 396. The van der Waals surface area contributed by atoms with Gasteiger partial charge in [-0.2, -0.15) is 0 Å². The lowest BCUT2D eigenvalue weighted by molar-refractivity contribution is 0.0241. The van der Waals surface area contributed by atoms with Crippen molar-refractivity contribution in [2.45, 2.75) is 12.2 Å². The second kappa shape index (κ2) is 4.88. The first-order valence-corrected chi connectivity index (χ1v) is 4.52. The molecule has 0 aliphatic heterocycles. The standard InChI is InChI=1S/C9H13N3O4/c10-2-6(13)8(14)4-1-5(11)7(9(15)16)12-3-4/h1,3,6,8,13-14H,2,10-11H2,(H,15,16). The normalized spacial score (nSPS) is 14.4. The Labute approximate surface area is 91.3 Å². The van der Waals surface area contributed by atoms with Crippen molar-refractivity contribution in [3.05, 3.63) is 23.5 Å². The first-order valence-electron chi connectivity index (χ1n) is 4.52. The minimum Gasteiger partial charge on any atom is -0.476 e. The number of nitrogens with zero attached hydrogens (tertiary/aromatic N) is 1. The number of hydrogen-bond donors (Lipinski definition) is 5. The number of aromatic nitrogens is 1. The summed E-state index contributed by atoms with van der Waals surface area (Å²) in [6, 6.07) is 1.25. The lowest BCUT2D eigenvalue weighted by Crippen LogP contribution is -2.27. The highest BCUT2D eigenvalue weighted by atomic mass is 16.4. The molecule has 2 atom stereocenters. The van der Waals surface area contributed by atoms with Crippen LogP contribution in [0.2, 0.25) is 0 Å². The molecule has 0 radical (unpaired) electrons. The molecular weight excluding hydrogens is 214 g/mol. The number of aromatic carboxylic acids is 1. The van der Waals surface area contributed by atoms with Crippen LogP contribution in [-0.4, -0.2) is 38.9 Å². The second-order valence-electron chi connectivity index (χ2n) is 3.26. The Morgan fingerprint density at radius 2 is 2.12 bits per heavy atom. The van der Waals surface area contributed by atoms with Crippen LogP contribution >= 0.6 is 0 Å². The summed E-state index contributed by atoms with van der Waals surface area (Å²) in [7, 11) is 0. The summed E-state index contributed by atoms with van der Waals surface area (Å²) in [5.41, 5.74) is 10.5. The molecule has 0 fully saturated rings. The lowest BCUT2D eigenvalue weighted by atomic mass is 10.1. The largest absolute Gasteiger partial charge is 0.476 e. The van der Waals surface area contributed by atoms with Crippen molar-refractivity contribution < 1.29 is 20.1 Å². The van der Waals surface area contributed by atoms with E-state index in [2.05, 4.69) is 4.98 Å². The molecule has 1 aromatic rings. The first-order chi connectivity index (χ1) is 7.47. The summed E-state index contributed by atoms with van der Waals surface area (Å²) in [6.07, 6.45) is -1.23. The van der Waals surface area contributed by atoms with E-state index < -0.39 is 18.2 Å². The molecule has 0 saturated carbocycles. The molecule has 1 aromatic heterocycles. The number of nitrogen functional groups attached to an aromatic ring is 1. The lowest BCUT2D eigenvalue weighted by Gasteiger charge is -2.16. The highest BCUT2D eigenvalue weighted by Crippen LogP contribution is 2.19. The number of nitrogens with two attached hydrogens (primary N) is 2. The van der Waals surface area contributed by atoms with Gasteiger partial charge in [0.05, 0.1) is 11.8 Å². The molecule has 0 bridgehead atoms. The van der Waals surface area contributed by atoms with Gasteiger partial charge in [-0.25, -0.2) is 9.78 Å². The number of aliphatic hydroxyl groups excluding tert-OH is 2. The molecule has 0 amide bonds. The van der Waals surface area contributed by atoms with Gasteiger partial charge in [-0.15, -0.1) is 0 Å². The zero-order valence-electron chi connectivity index (χ0n) is 8.37. The van der Waals surface area contributed by atoms with Crippen LogP contribution in [0.25, 0.3) is 0 Å². The number of aliphatic hydroxyl groups is 2. The molecular formula is C9H13N3O4. The monoisotopic (exact) mass is 227 g/mol. The number of carboxylic acids is 1. The maximum Gasteiger partial charge on any atom is 0.356 e. The fourth-order valence-corrected chi connectivity index (χ4v) is 1.19. The minimum absolute atomic E-state index is 0.0757. The number of hydrogen-bond acceptors (Lipinski definition) is 6. The highest BCUT2D eigenvalue weighted by molar-refractivity contribution is 5.91. The molecule has 0 saturated heterocycles. The van der Waals surface area contributed by atoms with Gasteiger partial charge in [0.1, 0.15) is 6.10 Å². The maximum atomic E-state index is 10.6. The van der Waals surface area contributed by atoms with Gasteiger partial charge in [-0.3, -0.25) is 0 Å². The number of carboxylic acid groups (broad SMARTS) is 1. The number of rotatable bonds is 4. The Morgan fingerprint density at radius 1 is 1.50 bits per heavy atom. The summed E-state index contributed by atoms with van der Waals surface area (Å²) in [5.74, 6) is -1.25. The van der Waals surface area contributed by atoms with Crippen LogP contribution in [0.5, 0.6) is 0 Å². The SMILES string of the molecule is NCC(O)C(O)c1cnc(C(=O)O)c(N)c1. The molecule has 1 rings (SSSR count). The molecule has 7 N–H and O–H groups in total. The highest BCUT2D eigenvalue weighted by Gasteiger charge is 2.19. The molecule has 88 valence electrons. The average Bonchev–Trinajstić information content (AvgIpc) is 2.26. The quantitative estimate of drug-likeness (QED) is 0.430. The Morgan fingerprint density at radius 3 is 2.56 bits per heavy atom. The van der Waals surface area contributed by atoms with E-state index in [9.17, 15) is 15.0 Å². The number of pyridine rings is 1. The van der Waals surface area contributed by atoms with Crippen LogP contribution in [0.1, 0.15) is 22.2 Å². The van der Waals surface area contributed by atoms with Gasteiger partial charge in [0, 0.05) is 18.3 Å². The summed E-state index contributed by atoms with van der Waals surface area (Å²) < 4.78 is 0. The fourth-order valence-electron chi connectivity index (χ4n) is 1.19. The molecule has 7 nitrogen and oxygen atoms in total. The van der Waals surface area contributed by atoms with Crippen molar-refractivity contribution in [1.82, 2.24) is 4.98 Å². The summed E-state index contributed by atoms with van der Waals surface area (Å²) in [6.45, 7) is -0.123. The van der Waals surface area contributed by atoms with Crippen molar-refractivity contribution in [3.8, 4) is 0 Å². The zero-order valence-corrected chi connectivity index (χ0v) is 8.37. The van der Waals surface area contributed by atoms with Crippen molar-refractivity contribution in [1.29, 1.82) is 0 Å². The third kappa shape index (κ3) is 2.45. The number of carbonyl (C=O) groups is 1. The van der Waals surface area contributed by atoms with E-state index in [4.69, 9.17) is 16.6 Å². The van der Waals surface area contributed by atoms with E-state index in [0.717, 1.165) is 6.20 Å². The van der Waals surface area contributed by atoms with Crippen molar-refractivity contribution in [2.24, 2.45) is 5.73 Å². The van der Waals surface area contributed by atoms with Crippen LogP contribution in [0.15, 0.2) is 12.3 Å². The van der Waals surface area contributed by atoms with Gasteiger partial charge in [0.2, 0.25) is 0 Å². The third-order valence-electron chi connectivity index (χ3n) is 2.09. The fraction of sp³-hybridized carbons (Fsp3) is 0.333. The van der Waals surface area contributed by atoms with E-state index >= 15 is 0 Å². The Hall–Kier alpha value is -1.70. The topological polar surface area (TPSA) is 143 Å². The average molecular weight is 227 g/mol.